The molecule has 0 heterocycles. The Hall–Kier alpha value is -2.85. The smallest absolute Gasteiger partial charge is 0.239 e. The zero-order chi connectivity index (χ0) is 23.1. The fourth-order valence-corrected chi connectivity index (χ4v) is 2.82. The van der Waals surface area contributed by atoms with Crippen molar-refractivity contribution in [1.82, 2.24) is 10.6 Å². The minimum atomic E-state index is -0.648. The lowest BCUT2D eigenvalue weighted by atomic mass is 9.97. The van der Waals surface area contributed by atoms with Crippen molar-refractivity contribution in [2.75, 3.05) is 19.6 Å². The molecule has 0 aliphatic carbocycles. The van der Waals surface area contributed by atoms with Crippen molar-refractivity contribution in [2.24, 2.45) is 44.8 Å². The van der Waals surface area contributed by atoms with E-state index in [1.54, 1.807) is 13.8 Å². The topological polar surface area (TPSA) is 204 Å². The molecule has 0 fully saturated rings. The van der Waals surface area contributed by atoms with Gasteiger partial charge in [0.15, 0.2) is 17.7 Å². The first kappa shape index (κ1) is 27.1. The van der Waals surface area contributed by atoms with Gasteiger partial charge in [-0.2, -0.15) is 0 Å². The second-order valence-corrected chi connectivity index (χ2v) is 7.40. The van der Waals surface area contributed by atoms with Gasteiger partial charge >= 0.3 is 0 Å². The van der Waals surface area contributed by atoms with E-state index < -0.39 is 11.9 Å². The summed E-state index contributed by atoms with van der Waals surface area (Å²) in [6.07, 6.45) is 2.86. The number of nitrogens with two attached hydrogens (primary N) is 4. The summed E-state index contributed by atoms with van der Waals surface area (Å²) in [4.78, 5) is 44.8. The van der Waals surface area contributed by atoms with E-state index in [1.165, 1.54) is 0 Å². The summed E-state index contributed by atoms with van der Waals surface area (Å²) in [5.74, 6) is -1.17. The van der Waals surface area contributed by atoms with Gasteiger partial charge in [-0.3, -0.25) is 24.4 Å². The Balaban J connectivity index is 4.59. The average Bonchev–Trinajstić information content (AvgIpc) is 2.67. The van der Waals surface area contributed by atoms with Crippen molar-refractivity contribution in [3.8, 4) is 0 Å². The summed E-state index contributed by atoms with van der Waals surface area (Å²) < 4.78 is 0. The van der Waals surface area contributed by atoms with Crippen molar-refractivity contribution in [2.45, 2.75) is 58.9 Å². The van der Waals surface area contributed by atoms with Crippen LogP contribution in [0.1, 0.15) is 52.9 Å². The number of aliphatic imine (C=N–C) groups is 2. The van der Waals surface area contributed by atoms with Crippen LogP contribution in [-0.2, 0) is 14.4 Å². The maximum absolute atomic E-state index is 12.4. The van der Waals surface area contributed by atoms with Crippen LogP contribution < -0.4 is 33.6 Å². The highest BCUT2D eigenvalue weighted by molar-refractivity contribution is 5.92. The third-order valence-electron chi connectivity index (χ3n) is 4.48. The van der Waals surface area contributed by atoms with Crippen LogP contribution in [0.15, 0.2) is 9.98 Å². The van der Waals surface area contributed by atoms with Crippen LogP contribution in [0.3, 0.4) is 0 Å². The Morgan fingerprint density at radius 1 is 0.900 bits per heavy atom. The maximum Gasteiger partial charge on any atom is 0.239 e. The molecule has 0 aliphatic rings. The number of Topliss-reactive ketones (excluding diaryl/α,β-unsaturated/α-hetero) is 1. The van der Waals surface area contributed by atoms with Gasteiger partial charge < -0.3 is 33.6 Å². The molecule has 2 amide bonds. The number of amides is 2. The molecule has 0 rings (SSSR count). The van der Waals surface area contributed by atoms with Gasteiger partial charge in [0.2, 0.25) is 11.8 Å². The summed E-state index contributed by atoms with van der Waals surface area (Å²) in [6.45, 7) is 6.07. The molecule has 0 aromatic rings. The first-order chi connectivity index (χ1) is 14.1. The molecule has 0 aliphatic heterocycles. The molecule has 0 saturated heterocycles. The van der Waals surface area contributed by atoms with Crippen molar-refractivity contribution >= 4 is 29.5 Å². The normalized spacial score (nSPS) is 12.5. The molecule has 0 radical (unpaired) electrons. The van der Waals surface area contributed by atoms with Crippen LogP contribution in [0.4, 0.5) is 0 Å². The van der Waals surface area contributed by atoms with Crippen LogP contribution in [0.5, 0.6) is 0 Å². The van der Waals surface area contributed by atoms with Crippen LogP contribution in [-0.4, -0.2) is 55.2 Å². The number of carbonyl (C=O) groups is 3. The summed E-state index contributed by atoms with van der Waals surface area (Å²) >= 11 is 0. The molecule has 0 bridgehead atoms. The molecule has 172 valence electrons. The molecule has 30 heavy (non-hydrogen) atoms. The Kier molecular flexibility index (Phi) is 13.6. The Bertz CT molecular complexity index is 611. The Morgan fingerprint density at radius 2 is 1.43 bits per heavy atom. The predicted molar refractivity (Wildman–Crippen MR) is 118 cm³/mol. The number of carbonyl (C=O) groups excluding carboxylic acids is 3. The molecular formula is C19H38N8O3. The fourth-order valence-electron chi connectivity index (χ4n) is 2.82. The number of guanidine groups is 2. The molecule has 0 aromatic heterocycles. The molecule has 2 atom stereocenters. The molecule has 0 saturated carbocycles. The van der Waals surface area contributed by atoms with E-state index in [0.29, 0.717) is 45.2 Å². The molecule has 10 N–H and O–H groups in total. The first-order valence-electron chi connectivity index (χ1n) is 10.3. The van der Waals surface area contributed by atoms with Crippen molar-refractivity contribution in [3.63, 3.8) is 0 Å². The summed E-state index contributed by atoms with van der Waals surface area (Å²) in [6, 6.07) is -0.648. The highest BCUT2D eigenvalue weighted by Crippen LogP contribution is 2.11. The number of hydrogen-bond donors (Lipinski definition) is 6. The molecule has 0 spiro atoms. The highest BCUT2D eigenvalue weighted by Gasteiger charge is 2.23. The van der Waals surface area contributed by atoms with E-state index in [1.807, 2.05) is 6.92 Å². The number of hydrogen-bond acceptors (Lipinski definition) is 5. The monoisotopic (exact) mass is 426 g/mol. The van der Waals surface area contributed by atoms with Crippen LogP contribution in [0, 0.1) is 11.8 Å². The standard InChI is InChI=1S/C19H38N8O3/c1-4-13(7-5-9-24-18(20)21)17(30)26-11-15(28)27-14(16(29)12(2)3)8-6-10-25-19(22)23/h12-14H,4-11H2,1-3H3,(H,26,30)(H,27,28)(H4,20,21,24)(H4,22,23,25). The van der Waals surface area contributed by atoms with Gasteiger partial charge in [0.1, 0.15) is 0 Å². The number of nitrogens with zero attached hydrogens (tertiary/aromatic N) is 2. The largest absolute Gasteiger partial charge is 0.370 e. The Morgan fingerprint density at radius 3 is 1.90 bits per heavy atom. The third kappa shape index (κ3) is 12.6. The van der Waals surface area contributed by atoms with E-state index >= 15 is 0 Å². The van der Waals surface area contributed by atoms with Crippen LogP contribution >= 0.6 is 0 Å². The minimum Gasteiger partial charge on any atom is -0.370 e. The summed E-state index contributed by atoms with van der Waals surface area (Å²) in [5.41, 5.74) is 21.1. The van der Waals surface area contributed by atoms with Gasteiger partial charge in [0.05, 0.1) is 12.6 Å². The van der Waals surface area contributed by atoms with Gasteiger partial charge in [-0.05, 0) is 32.1 Å². The van der Waals surface area contributed by atoms with Crippen molar-refractivity contribution < 1.29 is 14.4 Å². The first-order valence-corrected chi connectivity index (χ1v) is 10.3. The lowest BCUT2D eigenvalue weighted by Crippen LogP contribution is -2.47. The van der Waals surface area contributed by atoms with Crippen LogP contribution in [0.25, 0.3) is 0 Å². The van der Waals surface area contributed by atoms with Gasteiger partial charge in [0.25, 0.3) is 0 Å². The Labute approximate surface area is 178 Å². The van der Waals surface area contributed by atoms with Gasteiger partial charge in [-0.1, -0.05) is 20.8 Å². The van der Waals surface area contributed by atoms with E-state index in [2.05, 4.69) is 20.6 Å². The number of ketones is 1. The maximum atomic E-state index is 12.4. The highest BCUT2D eigenvalue weighted by atomic mass is 16.2. The van der Waals surface area contributed by atoms with E-state index in [9.17, 15) is 14.4 Å². The lowest BCUT2D eigenvalue weighted by molar-refractivity contribution is -0.131. The SMILES string of the molecule is CCC(CCCN=C(N)N)C(=O)NCC(=O)NC(CCCN=C(N)N)C(=O)C(C)C. The zero-order valence-corrected chi connectivity index (χ0v) is 18.3. The zero-order valence-electron chi connectivity index (χ0n) is 18.3. The van der Waals surface area contributed by atoms with Crippen LogP contribution in [0.2, 0.25) is 0 Å². The quantitative estimate of drug-likeness (QED) is 0.109. The second-order valence-electron chi connectivity index (χ2n) is 7.40. The van der Waals surface area contributed by atoms with Crippen molar-refractivity contribution in [3.05, 3.63) is 0 Å². The average molecular weight is 427 g/mol. The molecule has 2 unspecified atom stereocenters. The third-order valence-corrected chi connectivity index (χ3v) is 4.48. The molecule has 0 aromatic carbocycles. The fraction of sp³-hybridized carbons (Fsp3) is 0.737. The number of nitrogens with one attached hydrogen (secondary N) is 2. The van der Waals surface area contributed by atoms with Gasteiger partial charge in [-0.25, -0.2) is 0 Å². The minimum absolute atomic E-state index is 0.0164. The second kappa shape index (κ2) is 15.1. The van der Waals surface area contributed by atoms with Crippen molar-refractivity contribution in [1.29, 1.82) is 0 Å². The van der Waals surface area contributed by atoms with E-state index in [-0.39, 0.29) is 42.0 Å². The molecule has 11 heteroatoms. The predicted octanol–water partition coefficient (Wildman–Crippen LogP) is -1.05. The lowest BCUT2D eigenvalue weighted by Gasteiger charge is -2.20. The number of rotatable bonds is 15. The van der Waals surface area contributed by atoms with Gasteiger partial charge in [0, 0.05) is 24.9 Å². The molecular weight excluding hydrogens is 388 g/mol. The van der Waals surface area contributed by atoms with Gasteiger partial charge in [-0.15, -0.1) is 0 Å². The van der Waals surface area contributed by atoms with E-state index in [4.69, 9.17) is 22.9 Å². The summed E-state index contributed by atoms with van der Waals surface area (Å²) in [7, 11) is 0. The molecule has 11 nitrogen and oxygen atoms in total. The van der Waals surface area contributed by atoms with E-state index in [0.717, 1.165) is 0 Å². The summed E-state index contributed by atoms with van der Waals surface area (Å²) in [5, 5.41) is 5.34.